The van der Waals surface area contributed by atoms with E-state index in [9.17, 15) is 10.2 Å². The quantitative estimate of drug-likeness (QED) is 0.743. The smallest absolute Gasteiger partial charge is 0.176 e. The van der Waals surface area contributed by atoms with Gasteiger partial charge in [0, 0.05) is 5.39 Å². The van der Waals surface area contributed by atoms with Crippen LogP contribution in [0.15, 0.2) is 34.9 Å². The van der Waals surface area contributed by atoms with Crippen molar-refractivity contribution in [2.24, 2.45) is 0 Å². The summed E-state index contributed by atoms with van der Waals surface area (Å²) >= 11 is 0. The van der Waals surface area contributed by atoms with Crippen molar-refractivity contribution in [3.05, 3.63) is 36.1 Å². The summed E-state index contributed by atoms with van der Waals surface area (Å²) in [5.74, 6) is 0. The van der Waals surface area contributed by atoms with E-state index < -0.39 is 24.9 Å². The summed E-state index contributed by atoms with van der Waals surface area (Å²) in [4.78, 5) is 0. The number of likely N-dealkylation sites (N-methyl/N-ethyl adjacent to an activating group) is 1. The highest BCUT2D eigenvalue weighted by Crippen LogP contribution is 2.32. The SMILES string of the molecule is CCNC(CO)C(F)(CO)c1ccc2occc2c1. The molecule has 4 nitrogen and oxygen atoms in total. The van der Waals surface area contributed by atoms with E-state index in [4.69, 9.17) is 4.42 Å². The Hall–Kier alpha value is -1.43. The largest absolute Gasteiger partial charge is 0.464 e. The molecule has 0 amide bonds. The lowest BCUT2D eigenvalue weighted by atomic mass is 9.88. The number of aliphatic hydroxyl groups is 2. The van der Waals surface area contributed by atoms with Crippen molar-refractivity contribution in [3.63, 3.8) is 0 Å². The minimum Gasteiger partial charge on any atom is -0.464 e. The molecule has 0 radical (unpaired) electrons. The number of hydrogen-bond acceptors (Lipinski definition) is 4. The van der Waals surface area contributed by atoms with Crippen molar-refractivity contribution in [1.82, 2.24) is 5.32 Å². The molecule has 3 N–H and O–H groups in total. The zero-order valence-electron chi connectivity index (χ0n) is 10.8. The van der Waals surface area contributed by atoms with Crippen LogP contribution in [-0.2, 0) is 5.67 Å². The zero-order chi connectivity index (χ0) is 13.9. The average Bonchev–Trinajstić information content (AvgIpc) is 2.91. The Balaban J connectivity index is 2.43. The van der Waals surface area contributed by atoms with Crippen molar-refractivity contribution in [1.29, 1.82) is 0 Å². The fourth-order valence-corrected chi connectivity index (χ4v) is 2.25. The van der Waals surface area contributed by atoms with E-state index >= 15 is 4.39 Å². The van der Waals surface area contributed by atoms with Crippen LogP contribution in [0.2, 0.25) is 0 Å². The number of aliphatic hydroxyl groups excluding tert-OH is 2. The summed E-state index contributed by atoms with van der Waals surface area (Å²) in [7, 11) is 0. The molecule has 19 heavy (non-hydrogen) atoms. The molecule has 2 aromatic rings. The first-order chi connectivity index (χ1) is 9.15. The number of benzene rings is 1. The number of halogens is 1. The highest BCUT2D eigenvalue weighted by molar-refractivity contribution is 5.78. The summed E-state index contributed by atoms with van der Waals surface area (Å²) in [5, 5.41) is 22.4. The molecule has 0 aliphatic carbocycles. The van der Waals surface area contributed by atoms with E-state index in [0.29, 0.717) is 17.7 Å². The average molecular weight is 267 g/mol. The van der Waals surface area contributed by atoms with Gasteiger partial charge in [-0.15, -0.1) is 0 Å². The Kier molecular flexibility index (Phi) is 4.19. The Morgan fingerprint density at radius 3 is 2.79 bits per heavy atom. The van der Waals surface area contributed by atoms with Crippen LogP contribution < -0.4 is 5.32 Å². The standard InChI is InChI=1S/C14H18FNO3/c1-2-16-13(8-17)14(15,9-18)11-3-4-12-10(7-11)5-6-19-12/h3-7,13,16-18H,2,8-9H2,1H3. The number of rotatable bonds is 6. The molecule has 0 spiro atoms. The molecule has 2 unspecified atom stereocenters. The van der Waals surface area contributed by atoms with E-state index in [1.165, 1.54) is 6.26 Å². The minimum absolute atomic E-state index is 0.323. The summed E-state index contributed by atoms with van der Waals surface area (Å²) < 4.78 is 20.2. The van der Waals surface area contributed by atoms with Crippen molar-refractivity contribution in [3.8, 4) is 0 Å². The van der Waals surface area contributed by atoms with Crippen molar-refractivity contribution < 1.29 is 19.0 Å². The first-order valence-electron chi connectivity index (χ1n) is 6.27. The summed E-state index contributed by atoms with van der Waals surface area (Å²) in [6.07, 6.45) is 1.53. The third-order valence-electron chi connectivity index (χ3n) is 3.35. The second kappa shape index (κ2) is 5.69. The highest BCUT2D eigenvalue weighted by atomic mass is 19.1. The molecule has 0 aliphatic rings. The van der Waals surface area contributed by atoms with Crippen molar-refractivity contribution >= 4 is 11.0 Å². The fourth-order valence-electron chi connectivity index (χ4n) is 2.25. The van der Waals surface area contributed by atoms with Gasteiger partial charge in [0.1, 0.15) is 5.58 Å². The summed E-state index contributed by atoms with van der Waals surface area (Å²) in [5.41, 5.74) is -1.05. The molecule has 1 aromatic carbocycles. The lowest BCUT2D eigenvalue weighted by molar-refractivity contribution is 0.0100. The molecule has 0 fully saturated rings. The maximum atomic E-state index is 15.0. The molecular formula is C14H18FNO3. The number of fused-ring (bicyclic) bond motifs is 1. The van der Waals surface area contributed by atoms with Gasteiger partial charge in [0.05, 0.1) is 25.5 Å². The van der Waals surface area contributed by atoms with Crippen LogP contribution in [-0.4, -0.2) is 36.0 Å². The van der Waals surface area contributed by atoms with Gasteiger partial charge in [-0.05, 0) is 30.3 Å². The van der Waals surface area contributed by atoms with Gasteiger partial charge < -0.3 is 19.9 Å². The number of nitrogens with one attached hydrogen (secondary N) is 1. The monoisotopic (exact) mass is 267 g/mol. The second-order valence-electron chi connectivity index (χ2n) is 4.49. The topological polar surface area (TPSA) is 65.6 Å². The molecule has 0 aliphatic heterocycles. The van der Waals surface area contributed by atoms with E-state index in [-0.39, 0.29) is 0 Å². The Morgan fingerprint density at radius 1 is 1.37 bits per heavy atom. The Morgan fingerprint density at radius 2 is 2.16 bits per heavy atom. The molecule has 0 saturated heterocycles. The van der Waals surface area contributed by atoms with Gasteiger partial charge in [0.15, 0.2) is 5.67 Å². The summed E-state index contributed by atoms with van der Waals surface area (Å²) in [6.45, 7) is 1.23. The highest BCUT2D eigenvalue weighted by Gasteiger charge is 2.40. The third kappa shape index (κ3) is 2.49. The van der Waals surface area contributed by atoms with Crippen LogP contribution in [0.5, 0.6) is 0 Å². The molecule has 2 atom stereocenters. The van der Waals surface area contributed by atoms with Gasteiger partial charge in [-0.2, -0.15) is 0 Å². The molecule has 1 aromatic heterocycles. The minimum atomic E-state index is -2.03. The summed E-state index contributed by atoms with van der Waals surface area (Å²) in [6, 6.07) is 5.75. The van der Waals surface area contributed by atoms with Crippen LogP contribution in [0.3, 0.4) is 0 Å². The van der Waals surface area contributed by atoms with Gasteiger partial charge in [-0.25, -0.2) is 4.39 Å². The normalized spacial score (nSPS) is 16.4. The van der Waals surface area contributed by atoms with Crippen molar-refractivity contribution in [2.45, 2.75) is 18.6 Å². The van der Waals surface area contributed by atoms with Crippen molar-refractivity contribution in [2.75, 3.05) is 19.8 Å². The molecule has 2 rings (SSSR count). The molecular weight excluding hydrogens is 249 g/mol. The maximum absolute atomic E-state index is 15.0. The van der Waals surface area contributed by atoms with Gasteiger partial charge in [-0.1, -0.05) is 13.0 Å². The van der Waals surface area contributed by atoms with Crippen LogP contribution >= 0.6 is 0 Å². The zero-order valence-corrected chi connectivity index (χ0v) is 10.8. The van der Waals surface area contributed by atoms with E-state index in [1.807, 2.05) is 6.92 Å². The Labute approximate surface area is 110 Å². The van der Waals surface area contributed by atoms with Gasteiger partial charge in [0.25, 0.3) is 0 Å². The maximum Gasteiger partial charge on any atom is 0.176 e. The van der Waals surface area contributed by atoms with Gasteiger partial charge in [-0.3, -0.25) is 0 Å². The van der Waals surface area contributed by atoms with Gasteiger partial charge >= 0.3 is 0 Å². The third-order valence-corrected chi connectivity index (χ3v) is 3.35. The fraction of sp³-hybridized carbons (Fsp3) is 0.429. The van der Waals surface area contributed by atoms with E-state index in [2.05, 4.69) is 5.32 Å². The number of hydrogen-bond donors (Lipinski definition) is 3. The molecule has 1 heterocycles. The van der Waals surface area contributed by atoms with Gasteiger partial charge in [0.2, 0.25) is 0 Å². The molecule has 5 heteroatoms. The number of alkyl halides is 1. The predicted molar refractivity (Wildman–Crippen MR) is 70.6 cm³/mol. The lowest BCUT2D eigenvalue weighted by Gasteiger charge is -2.32. The molecule has 104 valence electrons. The van der Waals surface area contributed by atoms with Crippen LogP contribution in [0.25, 0.3) is 11.0 Å². The number of furan rings is 1. The molecule has 0 bridgehead atoms. The first kappa shape index (κ1) is 14.0. The second-order valence-corrected chi connectivity index (χ2v) is 4.49. The van der Waals surface area contributed by atoms with Crippen LogP contribution in [0.1, 0.15) is 12.5 Å². The van der Waals surface area contributed by atoms with E-state index in [0.717, 1.165) is 5.39 Å². The predicted octanol–water partition coefficient (Wildman–Crippen LogP) is 1.56. The first-order valence-corrected chi connectivity index (χ1v) is 6.27. The van der Waals surface area contributed by atoms with Crippen LogP contribution in [0, 0.1) is 0 Å². The Bertz CT molecular complexity index is 542. The van der Waals surface area contributed by atoms with E-state index in [1.54, 1.807) is 24.3 Å². The lowest BCUT2D eigenvalue weighted by Crippen LogP contribution is -2.50. The van der Waals surface area contributed by atoms with Crippen LogP contribution in [0.4, 0.5) is 4.39 Å². The molecule has 0 saturated carbocycles.